The summed E-state index contributed by atoms with van der Waals surface area (Å²) in [5.41, 5.74) is -0.344. The van der Waals surface area contributed by atoms with Gasteiger partial charge in [0.05, 0.1) is 18.1 Å². The molecule has 2 saturated heterocycles. The molecule has 20 heavy (non-hydrogen) atoms. The maximum atomic E-state index is 13.0. The molecule has 3 fully saturated rings. The number of ether oxygens (including phenoxy) is 1. The fraction of sp³-hybridized carbons (Fsp3) is 0.933. The van der Waals surface area contributed by atoms with Gasteiger partial charge in [-0.3, -0.25) is 4.79 Å². The third-order valence-corrected chi connectivity index (χ3v) is 5.54. The van der Waals surface area contributed by atoms with Crippen molar-refractivity contribution >= 4 is 5.91 Å². The predicted molar refractivity (Wildman–Crippen MR) is 75.2 cm³/mol. The smallest absolute Gasteiger partial charge is 0.231 e. The number of amides is 1. The van der Waals surface area contributed by atoms with Crippen LogP contribution in [0.1, 0.15) is 25.7 Å². The number of nitrogens with zero attached hydrogens (tertiary/aromatic N) is 1. The van der Waals surface area contributed by atoms with Gasteiger partial charge in [-0.05, 0) is 44.7 Å². The van der Waals surface area contributed by atoms with E-state index < -0.39 is 0 Å². The minimum absolute atomic E-state index is 0.204. The molecular formula is C15H26N2O3. The van der Waals surface area contributed by atoms with E-state index in [-0.39, 0.29) is 17.4 Å². The van der Waals surface area contributed by atoms with Crippen LogP contribution >= 0.6 is 0 Å². The summed E-state index contributed by atoms with van der Waals surface area (Å²) < 4.78 is 5.36. The lowest BCUT2D eigenvalue weighted by atomic mass is 9.78. The van der Waals surface area contributed by atoms with Crippen molar-refractivity contribution in [1.82, 2.24) is 10.2 Å². The topological polar surface area (TPSA) is 61.8 Å². The van der Waals surface area contributed by atoms with Gasteiger partial charge in [0.25, 0.3) is 0 Å². The Morgan fingerprint density at radius 1 is 1.35 bits per heavy atom. The third-order valence-electron chi connectivity index (χ3n) is 5.54. The fourth-order valence-electron chi connectivity index (χ4n) is 4.34. The Balaban J connectivity index is 1.71. The number of aliphatic hydroxyl groups is 1. The summed E-state index contributed by atoms with van der Waals surface area (Å²) in [6, 6.07) is 0. The maximum Gasteiger partial charge on any atom is 0.231 e. The molecule has 0 radical (unpaired) electrons. The molecular weight excluding hydrogens is 256 g/mol. The quantitative estimate of drug-likeness (QED) is 0.778. The van der Waals surface area contributed by atoms with E-state index in [1.807, 2.05) is 4.90 Å². The van der Waals surface area contributed by atoms with Gasteiger partial charge in [0, 0.05) is 26.1 Å². The number of rotatable bonds is 3. The number of methoxy groups -OCH3 is 1. The minimum atomic E-state index is -0.344. The lowest BCUT2D eigenvalue weighted by molar-refractivity contribution is -0.147. The molecule has 1 aliphatic carbocycles. The number of carbonyl (C=O) groups excluding carboxylic acids is 1. The molecule has 2 N–H and O–H groups in total. The van der Waals surface area contributed by atoms with E-state index in [4.69, 9.17) is 4.74 Å². The third kappa shape index (κ3) is 2.36. The van der Waals surface area contributed by atoms with E-state index >= 15 is 0 Å². The summed E-state index contributed by atoms with van der Waals surface area (Å²) in [4.78, 5) is 15.0. The highest BCUT2D eigenvalue weighted by molar-refractivity contribution is 5.83. The van der Waals surface area contributed by atoms with Crippen LogP contribution in [-0.4, -0.2) is 61.9 Å². The summed E-state index contributed by atoms with van der Waals surface area (Å²) in [7, 11) is 1.68. The summed E-state index contributed by atoms with van der Waals surface area (Å²) in [6.07, 6.45) is 3.48. The molecule has 1 amide bonds. The van der Waals surface area contributed by atoms with Gasteiger partial charge < -0.3 is 20.1 Å². The highest BCUT2D eigenvalue weighted by atomic mass is 16.5. The molecule has 5 heteroatoms. The lowest BCUT2D eigenvalue weighted by Crippen LogP contribution is -2.51. The van der Waals surface area contributed by atoms with E-state index in [1.54, 1.807) is 7.11 Å². The lowest BCUT2D eigenvalue weighted by Gasteiger charge is -2.38. The molecule has 0 aromatic heterocycles. The van der Waals surface area contributed by atoms with Gasteiger partial charge in [0.2, 0.25) is 5.91 Å². The van der Waals surface area contributed by atoms with Crippen molar-refractivity contribution in [2.45, 2.75) is 31.8 Å². The second kappa shape index (κ2) is 5.62. The van der Waals surface area contributed by atoms with Gasteiger partial charge in [-0.2, -0.15) is 0 Å². The van der Waals surface area contributed by atoms with Crippen LogP contribution in [0, 0.1) is 17.3 Å². The average Bonchev–Trinajstić information content (AvgIpc) is 3.02. The van der Waals surface area contributed by atoms with Crippen LogP contribution in [0.3, 0.4) is 0 Å². The zero-order valence-electron chi connectivity index (χ0n) is 12.3. The Labute approximate surface area is 120 Å². The van der Waals surface area contributed by atoms with Gasteiger partial charge in [0.1, 0.15) is 0 Å². The van der Waals surface area contributed by atoms with Crippen LogP contribution < -0.4 is 5.32 Å². The molecule has 2 heterocycles. The number of hydrogen-bond donors (Lipinski definition) is 2. The van der Waals surface area contributed by atoms with Crippen LogP contribution in [0.2, 0.25) is 0 Å². The summed E-state index contributed by atoms with van der Waals surface area (Å²) in [6.45, 7) is 3.86. The monoisotopic (exact) mass is 282 g/mol. The number of piperidine rings is 1. The van der Waals surface area contributed by atoms with E-state index in [0.717, 1.165) is 51.9 Å². The fourth-order valence-corrected chi connectivity index (χ4v) is 4.34. The van der Waals surface area contributed by atoms with Crippen molar-refractivity contribution < 1.29 is 14.6 Å². The molecule has 5 nitrogen and oxygen atoms in total. The normalized spacial score (nSPS) is 36.1. The molecule has 2 aliphatic heterocycles. The number of likely N-dealkylation sites (tertiary alicyclic amines) is 1. The molecule has 0 spiro atoms. The molecule has 3 rings (SSSR count). The van der Waals surface area contributed by atoms with Gasteiger partial charge >= 0.3 is 0 Å². The summed E-state index contributed by atoms with van der Waals surface area (Å²) in [5, 5.41) is 13.3. The van der Waals surface area contributed by atoms with E-state index in [9.17, 15) is 9.90 Å². The van der Waals surface area contributed by atoms with Gasteiger partial charge in [0.15, 0.2) is 0 Å². The Hall–Kier alpha value is -0.650. The van der Waals surface area contributed by atoms with Crippen molar-refractivity contribution in [2.24, 2.45) is 17.3 Å². The van der Waals surface area contributed by atoms with Crippen molar-refractivity contribution in [3.8, 4) is 0 Å². The first-order valence-electron chi connectivity index (χ1n) is 7.83. The number of carbonyl (C=O) groups is 1. The highest BCUT2D eigenvalue weighted by Gasteiger charge is 2.48. The van der Waals surface area contributed by atoms with Crippen LogP contribution in [0.15, 0.2) is 0 Å². The molecule has 3 unspecified atom stereocenters. The van der Waals surface area contributed by atoms with Gasteiger partial charge in [-0.15, -0.1) is 0 Å². The molecule has 114 valence electrons. The van der Waals surface area contributed by atoms with Crippen molar-refractivity contribution in [2.75, 3.05) is 39.9 Å². The standard InChI is InChI=1S/C15H26N2O3/c1-20-10-15(4-6-16-7-5-15)14(19)17-8-11-2-3-13(18)12(11)9-17/h11-13,16,18H,2-10H2,1H3. The van der Waals surface area contributed by atoms with Gasteiger partial charge in [-0.1, -0.05) is 0 Å². The largest absolute Gasteiger partial charge is 0.393 e. The van der Waals surface area contributed by atoms with Crippen molar-refractivity contribution in [3.63, 3.8) is 0 Å². The first-order chi connectivity index (χ1) is 9.66. The zero-order chi connectivity index (χ0) is 14.2. The molecule has 0 aromatic carbocycles. The van der Waals surface area contributed by atoms with Gasteiger partial charge in [-0.25, -0.2) is 0 Å². The van der Waals surface area contributed by atoms with Crippen LogP contribution in [0.5, 0.6) is 0 Å². The Kier molecular flexibility index (Phi) is 4.02. The van der Waals surface area contributed by atoms with E-state index in [2.05, 4.69) is 5.32 Å². The zero-order valence-corrected chi connectivity index (χ0v) is 12.3. The Morgan fingerprint density at radius 2 is 2.10 bits per heavy atom. The minimum Gasteiger partial charge on any atom is -0.393 e. The molecule has 0 aromatic rings. The van der Waals surface area contributed by atoms with E-state index in [0.29, 0.717) is 18.4 Å². The Morgan fingerprint density at radius 3 is 2.75 bits per heavy atom. The number of hydrogen-bond acceptors (Lipinski definition) is 4. The molecule has 1 saturated carbocycles. The van der Waals surface area contributed by atoms with Crippen molar-refractivity contribution in [1.29, 1.82) is 0 Å². The summed E-state index contributed by atoms with van der Waals surface area (Å²) >= 11 is 0. The SMILES string of the molecule is COCC1(C(=O)N2CC3CCC(O)C3C2)CCNCC1. The second-order valence-electron chi connectivity index (χ2n) is 6.74. The maximum absolute atomic E-state index is 13.0. The second-order valence-corrected chi connectivity index (χ2v) is 6.74. The molecule has 0 bridgehead atoms. The number of nitrogens with one attached hydrogen (secondary N) is 1. The predicted octanol–water partition coefficient (Wildman–Crippen LogP) is 0.232. The number of fused-ring (bicyclic) bond motifs is 1. The average molecular weight is 282 g/mol. The van der Waals surface area contributed by atoms with Crippen LogP contribution in [0.4, 0.5) is 0 Å². The molecule has 3 aliphatic rings. The van der Waals surface area contributed by atoms with Crippen LogP contribution in [0.25, 0.3) is 0 Å². The van der Waals surface area contributed by atoms with Crippen molar-refractivity contribution in [3.05, 3.63) is 0 Å². The Bertz CT molecular complexity index is 363. The van der Waals surface area contributed by atoms with E-state index in [1.165, 1.54) is 0 Å². The highest BCUT2D eigenvalue weighted by Crippen LogP contribution is 2.41. The summed E-state index contributed by atoms with van der Waals surface area (Å²) in [5.74, 6) is 1.07. The number of aliphatic hydroxyl groups excluding tert-OH is 1. The van der Waals surface area contributed by atoms with Crippen LogP contribution in [-0.2, 0) is 9.53 Å². The molecule has 3 atom stereocenters. The first-order valence-corrected chi connectivity index (χ1v) is 7.83. The first kappa shape index (κ1) is 14.3.